The molecule has 0 radical (unpaired) electrons. The predicted molar refractivity (Wildman–Crippen MR) is 103 cm³/mol. The van der Waals surface area contributed by atoms with Gasteiger partial charge in [-0.05, 0) is 56.0 Å². The number of hydrogen-bond donors (Lipinski definition) is 2. The molecule has 2 heterocycles. The van der Waals surface area contributed by atoms with Gasteiger partial charge in [-0.2, -0.15) is 5.10 Å². The largest absolute Gasteiger partial charge is 0.465 e. The number of thiophene rings is 1. The Morgan fingerprint density at radius 3 is 3.04 bits per heavy atom. The minimum absolute atomic E-state index is 0.293. The third kappa shape index (κ3) is 4.19. The van der Waals surface area contributed by atoms with Gasteiger partial charge < -0.3 is 15.4 Å². The molecule has 25 heavy (non-hydrogen) atoms. The van der Waals surface area contributed by atoms with Crippen molar-refractivity contribution in [2.75, 3.05) is 19.0 Å². The maximum absolute atomic E-state index is 12.1. The van der Waals surface area contributed by atoms with Crippen LogP contribution in [-0.4, -0.2) is 34.5 Å². The number of anilines is 1. The van der Waals surface area contributed by atoms with Crippen LogP contribution in [0, 0.1) is 6.92 Å². The molecule has 0 spiro atoms. The van der Waals surface area contributed by atoms with Gasteiger partial charge in [0, 0.05) is 24.2 Å². The minimum atomic E-state index is -0.293. The number of hydrogen-bond acceptors (Lipinski definition) is 5. The number of carbonyl (C=O) groups excluding carboxylic acids is 1. The molecule has 8 heteroatoms. The number of nitrogens with one attached hydrogen (secondary N) is 2. The Balaban J connectivity index is 1.53. The van der Waals surface area contributed by atoms with Crippen LogP contribution in [0.4, 0.5) is 5.00 Å². The van der Waals surface area contributed by atoms with Gasteiger partial charge in [0.1, 0.15) is 5.00 Å². The van der Waals surface area contributed by atoms with Gasteiger partial charge >= 0.3 is 5.97 Å². The van der Waals surface area contributed by atoms with E-state index in [0.717, 1.165) is 54.9 Å². The number of methoxy groups -OCH3 is 1. The molecule has 134 valence electrons. The Bertz CT molecular complexity index is 782. The number of ether oxygens (including phenoxy) is 1. The number of nitrogens with zero attached hydrogens (tertiary/aromatic N) is 2. The Hall–Kier alpha value is -1.93. The van der Waals surface area contributed by atoms with Crippen LogP contribution in [0.5, 0.6) is 0 Å². The molecule has 0 saturated heterocycles. The average molecular weight is 379 g/mol. The SMILES string of the molecule is COC(=O)c1c(NC(=S)NCCCn2cc(C)cn2)sc2c1CCC2. The van der Waals surface area contributed by atoms with E-state index < -0.39 is 0 Å². The first kappa shape index (κ1) is 17.9. The fraction of sp³-hybridized carbons (Fsp3) is 0.471. The Labute approximate surface area is 156 Å². The molecule has 1 aliphatic carbocycles. The molecule has 1 aliphatic rings. The van der Waals surface area contributed by atoms with Crippen LogP contribution in [0.25, 0.3) is 0 Å². The molecule has 2 N–H and O–H groups in total. The fourth-order valence-electron chi connectivity index (χ4n) is 2.99. The van der Waals surface area contributed by atoms with Crippen molar-refractivity contribution in [3.05, 3.63) is 34.0 Å². The molecular formula is C17H22N4O2S2. The first-order valence-electron chi connectivity index (χ1n) is 8.35. The van der Waals surface area contributed by atoms with Gasteiger partial charge in [-0.1, -0.05) is 0 Å². The summed E-state index contributed by atoms with van der Waals surface area (Å²) in [7, 11) is 1.42. The van der Waals surface area contributed by atoms with Crippen LogP contribution < -0.4 is 10.6 Å². The monoisotopic (exact) mass is 378 g/mol. The summed E-state index contributed by atoms with van der Waals surface area (Å²) in [5.41, 5.74) is 2.93. The maximum atomic E-state index is 12.1. The second-order valence-corrected chi connectivity index (χ2v) is 7.58. The van der Waals surface area contributed by atoms with Crippen LogP contribution >= 0.6 is 23.6 Å². The van der Waals surface area contributed by atoms with Crippen LogP contribution in [0.15, 0.2) is 12.4 Å². The number of carbonyl (C=O) groups is 1. The predicted octanol–water partition coefficient (Wildman–Crippen LogP) is 2.91. The number of aromatic nitrogens is 2. The number of fused-ring (bicyclic) bond motifs is 1. The highest BCUT2D eigenvalue weighted by molar-refractivity contribution is 7.80. The van der Waals surface area contributed by atoms with Crippen molar-refractivity contribution in [2.24, 2.45) is 0 Å². The summed E-state index contributed by atoms with van der Waals surface area (Å²) < 4.78 is 6.87. The molecule has 0 aliphatic heterocycles. The van der Waals surface area contributed by atoms with Gasteiger partial charge in [0.2, 0.25) is 0 Å². The standard InChI is InChI=1S/C17H22N4O2S2/c1-11-9-19-21(10-11)8-4-7-18-17(24)20-15-14(16(22)23-2)12-5-3-6-13(12)25-15/h9-10H,3-8H2,1-2H3,(H2,18,20,24). The molecule has 2 aromatic heterocycles. The zero-order chi connectivity index (χ0) is 17.8. The molecule has 0 bridgehead atoms. The van der Waals surface area contributed by atoms with Gasteiger partial charge in [0.25, 0.3) is 0 Å². The van der Waals surface area contributed by atoms with Crippen molar-refractivity contribution in [3.63, 3.8) is 0 Å². The summed E-state index contributed by atoms with van der Waals surface area (Å²) in [6.07, 6.45) is 7.84. The van der Waals surface area contributed by atoms with E-state index in [9.17, 15) is 4.79 Å². The third-order valence-electron chi connectivity index (χ3n) is 4.15. The maximum Gasteiger partial charge on any atom is 0.341 e. The molecule has 6 nitrogen and oxygen atoms in total. The van der Waals surface area contributed by atoms with Crippen molar-refractivity contribution in [2.45, 2.75) is 39.2 Å². The number of esters is 1. The number of aryl methyl sites for hydroxylation is 3. The minimum Gasteiger partial charge on any atom is -0.465 e. The normalized spacial score (nSPS) is 12.7. The lowest BCUT2D eigenvalue weighted by atomic mass is 10.1. The van der Waals surface area contributed by atoms with E-state index in [1.165, 1.54) is 12.0 Å². The first-order chi connectivity index (χ1) is 12.1. The first-order valence-corrected chi connectivity index (χ1v) is 9.57. The molecule has 0 amide bonds. The highest BCUT2D eigenvalue weighted by Crippen LogP contribution is 2.39. The zero-order valence-electron chi connectivity index (χ0n) is 14.4. The van der Waals surface area contributed by atoms with E-state index in [1.807, 2.05) is 24.0 Å². The van der Waals surface area contributed by atoms with E-state index in [4.69, 9.17) is 17.0 Å². The number of thiocarbonyl (C=S) groups is 1. The molecule has 0 unspecified atom stereocenters. The molecule has 0 atom stereocenters. The summed E-state index contributed by atoms with van der Waals surface area (Å²) in [5, 5.41) is 11.9. The van der Waals surface area contributed by atoms with Crippen molar-refractivity contribution in [1.29, 1.82) is 0 Å². The van der Waals surface area contributed by atoms with Crippen molar-refractivity contribution in [3.8, 4) is 0 Å². The molecule has 0 saturated carbocycles. The van der Waals surface area contributed by atoms with Crippen molar-refractivity contribution in [1.82, 2.24) is 15.1 Å². The Morgan fingerprint density at radius 2 is 2.32 bits per heavy atom. The molecule has 3 rings (SSSR count). The fourth-order valence-corrected chi connectivity index (χ4v) is 4.54. The summed E-state index contributed by atoms with van der Waals surface area (Å²) in [6.45, 7) is 3.60. The van der Waals surface area contributed by atoms with Gasteiger partial charge in [0.15, 0.2) is 5.11 Å². The van der Waals surface area contributed by atoms with Gasteiger partial charge in [-0.3, -0.25) is 4.68 Å². The van der Waals surface area contributed by atoms with E-state index in [2.05, 4.69) is 15.7 Å². The molecule has 0 fully saturated rings. The average Bonchev–Trinajstić information content (AvgIpc) is 3.27. The van der Waals surface area contributed by atoms with Crippen LogP contribution in [0.3, 0.4) is 0 Å². The lowest BCUT2D eigenvalue weighted by molar-refractivity contribution is 0.0601. The van der Waals surface area contributed by atoms with Crippen LogP contribution in [0.2, 0.25) is 0 Å². The summed E-state index contributed by atoms with van der Waals surface area (Å²) >= 11 is 6.98. The second kappa shape index (κ2) is 7.97. The topological polar surface area (TPSA) is 68.2 Å². The lowest BCUT2D eigenvalue weighted by Gasteiger charge is -2.11. The van der Waals surface area contributed by atoms with Gasteiger partial charge in [0.05, 0.1) is 18.9 Å². The lowest BCUT2D eigenvalue weighted by Crippen LogP contribution is -2.30. The van der Waals surface area contributed by atoms with Crippen molar-refractivity contribution < 1.29 is 9.53 Å². The van der Waals surface area contributed by atoms with Crippen LogP contribution in [-0.2, 0) is 24.1 Å². The third-order valence-corrected chi connectivity index (χ3v) is 5.60. The van der Waals surface area contributed by atoms with Crippen molar-refractivity contribution >= 4 is 39.6 Å². The molecular weight excluding hydrogens is 356 g/mol. The summed E-state index contributed by atoms with van der Waals surface area (Å²) in [4.78, 5) is 13.4. The van der Waals surface area contributed by atoms with E-state index in [1.54, 1.807) is 11.3 Å². The van der Waals surface area contributed by atoms with Gasteiger partial charge in [-0.25, -0.2) is 4.79 Å². The van der Waals surface area contributed by atoms with E-state index in [0.29, 0.717) is 10.7 Å². The highest BCUT2D eigenvalue weighted by Gasteiger charge is 2.27. The van der Waals surface area contributed by atoms with Crippen LogP contribution in [0.1, 0.15) is 39.2 Å². The zero-order valence-corrected chi connectivity index (χ0v) is 16.1. The number of rotatable bonds is 6. The van der Waals surface area contributed by atoms with Gasteiger partial charge in [-0.15, -0.1) is 11.3 Å². The quantitative estimate of drug-likeness (QED) is 0.458. The Kier molecular flexibility index (Phi) is 5.70. The second-order valence-electron chi connectivity index (χ2n) is 6.07. The summed E-state index contributed by atoms with van der Waals surface area (Å²) in [6, 6.07) is 0. The molecule has 2 aromatic rings. The Morgan fingerprint density at radius 1 is 1.48 bits per heavy atom. The molecule has 0 aromatic carbocycles. The van der Waals surface area contributed by atoms with E-state index in [-0.39, 0.29) is 5.97 Å². The smallest absolute Gasteiger partial charge is 0.341 e. The summed E-state index contributed by atoms with van der Waals surface area (Å²) in [5.74, 6) is -0.293. The highest BCUT2D eigenvalue weighted by atomic mass is 32.1. The van der Waals surface area contributed by atoms with E-state index >= 15 is 0 Å².